The molecule has 0 aromatic heterocycles. The zero-order chi connectivity index (χ0) is 14.3. The minimum Gasteiger partial charge on any atom is -0.481 e. The Bertz CT molecular complexity index is 448. The lowest BCUT2D eigenvalue weighted by Crippen LogP contribution is -2.33. The molecule has 1 aromatic rings. The predicted octanol–water partition coefficient (Wildman–Crippen LogP) is 2.31. The molecule has 0 aliphatic rings. The minimum absolute atomic E-state index is 0.132. The molecule has 0 aliphatic carbocycles. The fraction of sp³-hybridized carbons (Fsp3) is 0.429. The van der Waals surface area contributed by atoms with E-state index in [0.717, 1.165) is 10.5 Å². The Labute approximate surface area is 117 Å². The second kappa shape index (κ2) is 7.84. The number of amides is 1. The van der Waals surface area contributed by atoms with Crippen molar-refractivity contribution in [3.8, 4) is 0 Å². The van der Waals surface area contributed by atoms with E-state index in [2.05, 4.69) is 5.32 Å². The molecule has 104 valence electrons. The number of carboxylic acid groups (broad SMARTS) is 1. The first-order chi connectivity index (χ1) is 9.04. The van der Waals surface area contributed by atoms with Gasteiger partial charge in [-0.25, -0.2) is 0 Å². The van der Waals surface area contributed by atoms with Crippen LogP contribution in [0.15, 0.2) is 29.2 Å². The highest BCUT2D eigenvalue weighted by atomic mass is 32.2. The molecule has 1 aromatic carbocycles. The first kappa shape index (κ1) is 15.6. The normalized spacial score (nSPS) is 11.9. The molecule has 0 bridgehead atoms. The highest BCUT2D eigenvalue weighted by Crippen LogP contribution is 2.21. The summed E-state index contributed by atoms with van der Waals surface area (Å²) in [5, 5.41) is 11.5. The molecule has 2 N–H and O–H groups in total. The maximum atomic E-state index is 11.6. The maximum Gasteiger partial charge on any atom is 0.308 e. The number of benzene rings is 1. The van der Waals surface area contributed by atoms with Crippen molar-refractivity contribution in [1.29, 1.82) is 0 Å². The first-order valence-electron chi connectivity index (χ1n) is 6.22. The Morgan fingerprint density at radius 1 is 1.37 bits per heavy atom. The van der Waals surface area contributed by atoms with E-state index in [0.29, 0.717) is 12.2 Å². The number of rotatable bonds is 7. The summed E-state index contributed by atoms with van der Waals surface area (Å²) >= 11 is 1.46. The van der Waals surface area contributed by atoms with Crippen LogP contribution in [0.3, 0.4) is 0 Å². The Hall–Kier alpha value is -1.49. The van der Waals surface area contributed by atoms with E-state index < -0.39 is 11.9 Å². The Morgan fingerprint density at radius 3 is 2.63 bits per heavy atom. The smallest absolute Gasteiger partial charge is 0.308 e. The third-order valence-corrected chi connectivity index (χ3v) is 4.02. The van der Waals surface area contributed by atoms with E-state index in [1.54, 1.807) is 6.92 Å². The summed E-state index contributed by atoms with van der Waals surface area (Å²) in [6.07, 6.45) is 0.514. The first-order valence-corrected chi connectivity index (χ1v) is 7.21. The van der Waals surface area contributed by atoms with E-state index in [4.69, 9.17) is 5.11 Å². The number of carbonyl (C=O) groups excluding carboxylic acids is 1. The quantitative estimate of drug-likeness (QED) is 0.753. The molecule has 4 nitrogen and oxygen atoms in total. The molecule has 0 heterocycles. The van der Waals surface area contributed by atoms with Crippen LogP contribution in [-0.2, 0) is 9.59 Å². The summed E-state index contributed by atoms with van der Waals surface area (Å²) in [6.45, 7) is 3.99. The van der Waals surface area contributed by atoms with Crippen LogP contribution >= 0.6 is 11.8 Å². The standard InChI is InChI=1S/C14H19NO3S/c1-3-11(14(17)18)8-15-13(16)9-19-12-7-5-4-6-10(12)2/h4-7,11H,3,8-9H2,1-2H3,(H,15,16)(H,17,18). The third kappa shape index (κ3) is 5.34. The van der Waals surface area contributed by atoms with Gasteiger partial charge < -0.3 is 10.4 Å². The van der Waals surface area contributed by atoms with Gasteiger partial charge in [0, 0.05) is 11.4 Å². The fourth-order valence-corrected chi connectivity index (χ4v) is 2.42. The van der Waals surface area contributed by atoms with Crippen molar-refractivity contribution in [2.24, 2.45) is 5.92 Å². The van der Waals surface area contributed by atoms with Gasteiger partial charge in [0.25, 0.3) is 0 Å². The average Bonchev–Trinajstić information content (AvgIpc) is 2.38. The summed E-state index contributed by atoms with van der Waals surface area (Å²) in [6, 6.07) is 7.86. The SMILES string of the molecule is CCC(CNC(=O)CSc1ccccc1C)C(=O)O. The Morgan fingerprint density at radius 2 is 2.05 bits per heavy atom. The van der Waals surface area contributed by atoms with Gasteiger partial charge in [0.15, 0.2) is 0 Å². The lowest BCUT2D eigenvalue weighted by molar-refractivity contribution is -0.141. The zero-order valence-electron chi connectivity index (χ0n) is 11.2. The van der Waals surface area contributed by atoms with Gasteiger partial charge in [-0.3, -0.25) is 9.59 Å². The highest BCUT2D eigenvalue weighted by Gasteiger charge is 2.15. The molecule has 0 aliphatic heterocycles. The number of nitrogens with one attached hydrogen (secondary N) is 1. The molecule has 0 fully saturated rings. The van der Waals surface area contributed by atoms with E-state index in [1.807, 2.05) is 31.2 Å². The number of aryl methyl sites for hydroxylation is 1. The monoisotopic (exact) mass is 281 g/mol. The highest BCUT2D eigenvalue weighted by molar-refractivity contribution is 8.00. The molecule has 0 saturated heterocycles. The van der Waals surface area contributed by atoms with Crippen molar-refractivity contribution in [3.63, 3.8) is 0 Å². The number of carboxylic acids is 1. The van der Waals surface area contributed by atoms with Crippen LogP contribution in [-0.4, -0.2) is 29.3 Å². The van der Waals surface area contributed by atoms with Gasteiger partial charge in [-0.1, -0.05) is 25.1 Å². The number of carbonyl (C=O) groups is 2. The lowest BCUT2D eigenvalue weighted by atomic mass is 10.1. The molecule has 0 spiro atoms. The zero-order valence-corrected chi connectivity index (χ0v) is 12.0. The van der Waals surface area contributed by atoms with Gasteiger partial charge in [0.1, 0.15) is 0 Å². The molecular weight excluding hydrogens is 262 g/mol. The van der Waals surface area contributed by atoms with Crippen molar-refractivity contribution in [3.05, 3.63) is 29.8 Å². The number of aliphatic carboxylic acids is 1. The van der Waals surface area contributed by atoms with Crippen molar-refractivity contribution < 1.29 is 14.7 Å². The van der Waals surface area contributed by atoms with Gasteiger partial charge in [0.05, 0.1) is 11.7 Å². The summed E-state index contributed by atoms with van der Waals surface area (Å²) in [4.78, 5) is 23.5. The molecule has 1 amide bonds. The molecule has 0 radical (unpaired) electrons. The van der Waals surface area contributed by atoms with Crippen molar-refractivity contribution in [1.82, 2.24) is 5.32 Å². The van der Waals surface area contributed by atoms with Crippen LogP contribution in [0.2, 0.25) is 0 Å². The van der Waals surface area contributed by atoms with Crippen molar-refractivity contribution in [2.45, 2.75) is 25.2 Å². The molecule has 5 heteroatoms. The van der Waals surface area contributed by atoms with Gasteiger partial charge >= 0.3 is 5.97 Å². The molecule has 1 unspecified atom stereocenters. The minimum atomic E-state index is -0.866. The largest absolute Gasteiger partial charge is 0.481 e. The topological polar surface area (TPSA) is 66.4 Å². The van der Waals surface area contributed by atoms with Gasteiger partial charge in [-0.05, 0) is 25.0 Å². The van der Waals surface area contributed by atoms with Gasteiger partial charge in [-0.15, -0.1) is 11.8 Å². The summed E-state index contributed by atoms with van der Waals surface area (Å²) in [5.74, 6) is -1.20. The Balaban J connectivity index is 2.36. The Kier molecular flexibility index (Phi) is 6.42. The van der Waals surface area contributed by atoms with Crippen LogP contribution < -0.4 is 5.32 Å². The molecule has 19 heavy (non-hydrogen) atoms. The molecular formula is C14H19NO3S. The van der Waals surface area contributed by atoms with Crippen LogP contribution in [0, 0.1) is 12.8 Å². The summed E-state index contributed by atoms with van der Waals surface area (Å²) < 4.78 is 0. The molecule has 0 saturated carbocycles. The van der Waals surface area contributed by atoms with E-state index in [-0.39, 0.29) is 12.5 Å². The van der Waals surface area contributed by atoms with Crippen molar-refractivity contribution in [2.75, 3.05) is 12.3 Å². The maximum absolute atomic E-state index is 11.6. The van der Waals surface area contributed by atoms with Crippen LogP contribution in [0.4, 0.5) is 0 Å². The van der Waals surface area contributed by atoms with Crippen LogP contribution in [0.25, 0.3) is 0 Å². The predicted molar refractivity (Wildman–Crippen MR) is 76.3 cm³/mol. The van der Waals surface area contributed by atoms with Gasteiger partial charge in [-0.2, -0.15) is 0 Å². The summed E-state index contributed by atoms with van der Waals surface area (Å²) in [7, 11) is 0. The number of hydrogen-bond donors (Lipinski definition) is 2. The fourth-order valence-electron chi connectivity index (χ4n) is 1.56. The second-order valence-electron chi connectivity index (χ2n) is 4.30. The average molecular weight is 281 g/mol. The van der Waals surface area contributed by atoms with Gasteiger partial charge in [0.2, 0.25) is 5.91 Å². The van der Waals surface area contributed by atoms with Crippen LogP contribution in [0.5, 0.6) is 0 Å². The summed E-state index contributed by atoms with van der Waals surface area (Å²) in [5.41, 5.74) is 1.14. The van der Waals surface area contributed by atoms with E-state index in [1.165, 1.54) is 11.8 Å². The number of thioether (sulfide) groups is 1. The van der Waals surface area contributed by atoms with E-state index in [9.17, 15) is 9.59 Å². The molecule has 1 rings (SSSR count). The molecule has 1 atom stereocenters. The number of hydrogen-bond acceptors (Lipinski definition) is 3. The third-order valence-electron chi connectivity index (χ3n) is 2.84. The lowest BCUT2D eigenvalue weighted by Gasteiger charge is -2.11. The van der Waals surface area contributed by atoms with Crippen LogP contribution in [0.1, 0.15) is 18.9 Å². The van der Waals surface area contributed by atoms with Crippen molar-refractivity contribution >= 4 is 23.6 Å². The van der Waals surface area contributed by atoms with E-state index >= 15 is 0 Å². The second-order valence-corrected chi connectivity index (χ2v) is 5.32.